The van der Waals surface area contributed by atoms with Crippen LogP contribution in [0, 0.1) is 12.7 Å². The van der Waals surface area contributed by atoms with Crippen molar-refractivity contribution in [2.45, 2.75) is 19.9 Å². The molecule has 1 aromatic carbocycles. The van der Waals surface area contributed by atoms with Gasteiger partial charge >= 0.3 is 0 Å². The number of nitrogens with one attached hydrogen (secondary N) is 1. The Balaban J connectivity index is 2.38. The van der Waals surface area contributed by atoms with Crippen LogP contribution in [0.3, 0.4) is 0 Å². The number of nitrogens with zero attached hydrogens (tertiary/aromatic N) is 1. The predicted octanol–water partition coefficient (Wildman–Crippen LogP) is 3.99. The van der Waals surface area contributed by atoms with Crippen molar-refractivity contribution in [3.8, 4) is 0 Å². The van der Waals surface area contributed by atoms with Crippen LogP contribution in [0.15, 0.2) is 41.0 Å². The second-order valence-corrected chi connectivity index (χ2v) is 5.32. The highest BCUT2D eigenvalue weighted by atomic mass is 79.9. The summed E-state index contributed by atoms with van der Waals surface area (Å²) in [6, 6.07) is 9.09. The van der Waals surface area contributed by atoms with Crippen LogP contribution in [0.2, 0.25) is 0 Å². The lowest BCUT2D eigenvalue weighted by molar-refractivity contribution is 0.600. The van der Waals surface area contributed by atoms with Gasteiger partial charge in [0.2, 0.25) is 0 Å². The number of pyridine rings is 1. The van der Waals surface area contributed by atoms with Crippen molar-refractivity contribution < 1.29 is 4.39 Å². The number of rotatable bonds is 4. The lowest BCUT2D eigenvalue weighted by Crippen LogP contribution is -2.23. The highest BCUT2D eigenvalue weighted by molar-refractivity contribution is 9.10. The molecule has 0 aliphatic carbocycles. The minimum Gasteiger partial charge on any atom is -0.305 e. The van der Waals surface area contributed by atoms with Gasteiger partial charge in [-0.15, -0.1) is 0 Å². The Morgan fingerprint density at radius 2 is 2.11 bits per heavy atom. The molecule has 0 aliphatic heterocycles. The SMILES string of the molecule is CCNC(c1ccc(F)c(C)c1)c1ccc(Br)cn1. The Morgan fingerprint density at radius 1 is 1.32 bits per heavy atom. The van der Waals surface area contributed by atoms with Crippen molar-refractivity contribution in [3.63, 3.8) is 0 Å². The molecule has 0 aliphatic rings. The second kappa shape index (κ2) is 6.26. The standard InChI is InChI=1S/C15H16BrFN2/c1-3-18-15(14-7-5-12(16)9-19-14)11-4-6-13(17)10(2)8-11/h4-9,15,18H,3H2,1-2H3. The number of aromatic nitrogens is 1. The van der Waals surface area contributed by atoms with Gasteiger partial charge in [0.25, 0.3) is 0 Å². The topological polar surface area (TPSA) is 24.9 Å². The van der Waals surface area contributed by atoms with Crippen LogP contribution in [0.4, 0.5) is 4.39 Å². The van der Waals surface area contributed by atoms with E-state index in [1.165, 1.54) is 6.07 Å². The number of hydrogen-bond donors (Lipinski definition) is 1. The average molecular weight is 323 g/mol. The van der Waals surface area contributed by atoms with E-state index in [0.29, 0.717) is 5.56 Å². The van der Waals surface area contributed by atoms with Gasteiger partial charge in [-0.05, 0) is 58.7 Å². The van der Waals surface area contributed by atoms with Crippen molar-refractivity contribution >= 4 is 15.9 Å². The van der Waals surface area contributed by atoms with Crippen molar-refractivity contribution in [1.82, 2.24) is 10.3 Å². The van der Waals surface area contributed by atoms with Crippen molar-refractivity contribution in [2.24, 2.45) is 0 Å². The van der Waals surface area contributed by atoms with Crippen molar-refractivity contribution in [1.29, 1.82) is 0 Å². The molecule has 0 radical (unpaired) electrons. The van der Waals surface area contributed by atoms with Crippen LogP contribution in [0.5, 0.6) is 0 Å². The summed E-state index contributed by atoms with van der Waals surface area (Å²) in [4.78, 5) is 4.42. The molecule has 0 saturated heterocycles. The Morgan fingerprint density at radius 3 is 2.68 bits per heavy atom. The van der Waals surface area contributed by atoms with E-state index in [1.807, 2.05) is 25.1 Å². The van der Waals surface area contributed by atoms with Crippen LogP contribution in [-0.4, -0.2) is 11.5 Å². The van der Waals surface area contributed by atoms with E-state index < -0.39 is 0 Å². The van der Waals surface area contributed by atoms with E-state index in [-0.39, 0.29) is 11.9 Å². The van der Waals surface area contributed by atoms with Crippen LogP contribution in [0.1, 0.15) is 29.8 Å². The van der Waals surface area contributed by atoms with Gasteiger partial charge in [-0.1, -0.05) is 19.1 Å². The molecule has 1 N–H and O–H groups in total. The molecule has 0 saturated carbocycles. The Kier molecular flexibility index (Phi) is 4.66. The van der Waals surface area contributed by atoms with Gasteiger partial charge in [-0.3, -0.25) is 4.98 Å². The van der Waals surface area contributed by atoms with Gasteiger partial charge in [0.15, 0.2) is 0 Å². The molecule has 1 heterocycles. The van der Waals surface area contributed by atoms with E-state index in [0.717, 1.165) is 22.3 Å². The molecular formula is C15H16BrFN2. The summed E-state index contributed by atoms with van der Waals surface area (Å²) in [5.41, 5.74) is 2.60. The molecule has 0 amide bonds. The molecule has 2 aromatic rings. The summed E-state index contributed by atoms with van der Waals surface area (Å²) >= 11 is 3.38. The minimum atomic E-state index is -0.178. The third-order valence-electron chi connectivity index (χ3n) is 2.97. The summed E-state index contributed by atoms with van der Waals surface area (Å²) in [7, 11) is 0. The summed E-state index contributed by atoms with van der Waals surface area (Å²) in [5.74, 6) is -0.178. The molecule has 0 bridgehead atoms. The van der Waals surface area contributed by atoms with Crippen LogP contribution in [-0.2, 0) is 0 Å². The first-order valence-electron chi connectivity index (χ1n) is 6.22. The van der Waals surface area contributed by atoms with Gasteiger partial charge in [0, 0.05) is 10.7 Å². The molecule has 1 unspecified atom stereocenters. The van der Waals surface area contributed by atoms with Gasteiger partial charge in [0.1, 0.15) is 5.82 Å². The lowest BCUT2D eigenvalue weighted by atomic mass is 10.0. The largest absolute Gasteiger partial charge is 0.305 e. The number of hydrogen-bond acceptors (Lipinski definition) is 2. The molecule has 4 heteroatoms. The molecule has 2 rings (SSSR count). The third kappa shape index (κ3) is 3.39. The van der Waals surface area contributed by atoms with Crippen LogP contribution in [0.25, 0.3) is 0 Å². The zero-order valence-electron chi connectivity index (χ0n) is 11.0. The first-order valence-corrected chi connectivity index (χ1v) is 7.02. The van der Waals surface area contributed by atoms with Crippen LogP contribution < -0.4 is 5.32 Å². The fourth-order valence-electron chi connectivity index (χ4n) is 2.00. The second-order valence-electron chi connectivity index (χ2n) is 4.40. The van der Waals surface area contributed by atoms with E-state index in [4.69, 9.17) is 0 Å². The monoisotopic (exact) mass is 322 g/mol. The Hall–Kier alpha value is -1.26. The predicted molar refractivity (Wildman–Crippen MR) is 78.6 cm³/mol. The smallest absolute Gasteiger partial charge is 0.126 e. The third-order valence-corrected chi connectivity index (χ3v) is 3.44. The number of benzene rings is 1. The molecular weight excluding hydrogens is 307 g/mol. The summed E-state index contributed by atoms with van der Waals surface area (Å²) in [6.07, 6.45) is 1.77. The summed E-state index contributed by atoms with van der Waals surface area (Å²) in [5, 5.41) is 3.38. The lowest BCUT2D eigenvalue weighted by Gasteiger charge is -2.18. The maximum atomic E-state index is 13.4. The molecule has 1 aromatic heterocycles. The fourth-order valence-corrected chi connectivity index (χ4v) is 2.24. The van der Waals surface area contributed by atoms with Crippen molar-refractivity contribution in [3.05, 3.63) is 63.6 Å². The molecule has 1 atom stereocenters. The highest BCUT2D eigenvalue weighted by Crippen LogP contribution is 2.23. The van der Waals surface area contributed by atoms with Crippen molar-refractivity contribution in [2.75, 3.05) is 6.54 Å². The highest BCUT2D eigenvalue weighted by Gasteiger charge is 2.15. The van der Waals surface area contributed by atoms with E-state index in [1.54, 1.807) is 19.2 Å². The quantitative estimate of drug-likeness (QED) is 0.920. The Bertz CT molecular complexity index is 555. The maximum absolute atomic E-state index is 13.4. The summed E-state index contributed by atoms with van der Waals surface area (Å²) in [6.45, 7) is 4.64. The number of halogens is 2. The van der Waals surface area contributed by atoms with Crippen LogP contribution >= 0.6 is 15.9 Å². The van der Waals surface area contributed by atoms with Gasteiger partial charge in [-0.25, -0.2) is 4.39 Å². The fraction of sp³-hybridized carbons (Fsp3) is 0.267. The molecule has 100 valence electrons. The molecule has 2 nitrogen and oxygen atoms in total. The van der Waals surface area contributed by atoms with E-state index >= 15 is 0 Å². The zero-order chi connectivity index (χ0) is 13.8. The maximum Gasteiger partial charge on any atom is 0.126 e. The van der Waals surface area contributed by atoms with Gasteiger partial charge < -0.3 is 5.32 Å². The molecule has 0 spiro atoms. The van der Waals surface area contributed by atoms with Gasteiger partial charge in [-0.2, -0.15) is 0 Å². The van der Waals surface area contributed by atoms with E-state index in [2.05, 4.69) is 26.2 Å². The first kappa shape index (κ1) is 14.2. The Labute approximate surface area is 121 Å². The van der Waals surface area contributed by atoms with Gasteiger partial charge in [0.05, 0.1) is 11.7 Å². The number of aryl methyl sites for hydroxylation is 1. The van der Waals surface area contributed by atoms with E-state index in [9.17, 15) is 4.39 Å². The first-order chi connectivity index (χ1) is 9.11. The molecule has 19 heavy (non-hydrogen) atoms. The average Bonchev–Trinajstić information content (AvgIpc) is 2.41. The zero-order valence-corrected chi connectivity index (χ0v) is 12.5. The normalized spacial score (nSPS) is 12.4. The molecule has 0 fully saturated rings. The summed E-state index contributed by atoms with van der Waals surface area (Å²) < 4.78 is 14.3. The minimum absolute atomic E-state index is 0.0163.